The lowest BCUT2D eigenvalue weighted by Crippen LogP contribution is -2.40. The van der Waals surface area contributed by atoms with E-state index >= 15 is 0 Å². The fourth-order valence-corrected chi connectivity index (χ4v) is 2.64. The molecule has 0 radical (unpaired) electrons. The van der Waals surface area contributed by atoms with Crippen molar-refractivity contribution in [2.24, 2.45) is 5.92 Å². The summed E-state index contributed by atoms with van der Waals surface area (Å²) in [4.78, 5) is 2.36. The third kappa shape index (κ3) is 4.09. The summed E-state index contributed by atoms with van der Waals surface area (Å²) in [6.07, 6.45) is 4.04. The molecule has 0 aromatic heterocycles. The highest BCUT2D eigenvalue weighted by atomic mass is 16.3. The van der Waals surface area contributed by atoms with E-state index in [0.29, 0.717) is 6.04 Å². The van der Waals surface area contributed by atoms with Crippen LogP contribution in [0, 0.1) is 5.92 Å². The van der Waals surface area contributed by atoms with Gasteiger partial charge in [-0.05, 0) is 31.8 Å². The summed E-state index contributed by atoms with van der Waals surface area (Å²) in [7, 11) is 0. The fourth-order valence-electron chi connectivity index (χ4n) is 2.64. The molecule has 2 atom stereocenters. The zero-order valence-corrected chi connectivity index (χ0v) is 10.2. The number of aliphatic hydroxyl groups excluding tert-OH is 1. The predicted octanol–water partition coefficient (Wildman–Crippen LogP) is 1.08. The third-order valence-electron chi connectivity index (χ3n) is 3.48. The number of hydrogen-bond donors (Lipinski definition) is 2. The molecule has 0 amide bonds. The van der Waals surface area contributed by atoms with Crippen LogP contribution in [-0.2, 0) is 0 Å². The molecule has 2 N–H and O–H groups in total. The standard InChI is InChI=1S/C12H26N2O/c1-3-13-12-7-5-6-11(12)10-14(4-2)8-9-15/h11-13,15H,3-10H2,1-2H3. The lowest BCUT2D eigenvalue weighted by Gasteiger charge is -2.27. The first-order valence-electron chi connectivity index (χ1n) is 6.38. The lowest BCUT2D eigenvalue weighted by molar-refractivity contribution is 0.173. The number of hydrogen-bond acceptors (Lipinski definition) is 3. The van der Waals surface area contributed by atoms with Crippen molar-refractivity contribution in [3.63, 3.8) is 0 Å². The summed E-state index contributed by atoms with van der Waals surface area (Å²) in [6, 6.07) is 0.711. The highest BCUT2D eigenvalue weighted by Crippen LogP contribution is 2.26. The topological polar surface area (TPSA) is 35.5 Å². The van der Waals surface area contributed by atoms with Crippen LogP contribution < -0.4 is 5.32 Å². The van der Waals surface area contributed by atoms with Gasteiger partial charge in [-0.15, -0.1) is 0 Å². The summed E-state index contributed by atoms with van der Waals surface area (Å²) in [6.45, 7) is 8.74. The van der Waals surface area contributed by atoms with Crippen LogP contribution in [0.4, 0.5) is 0 Å². The Balaban J connectivity index is 2.34. The van der Waals surface area contributed by atoms with Crippen molar-refractivity contribution in [3.8, 4) is 0 Å². The van der Waals surface area contributed by atoms with Crippen LogP contribution in [0.1, 0.15) is 33.1 Å². The molecule has 2 unspecified atom stereocenters. The van der Waals surface area contributed by atoms with Crippen LogP contribution in [0.25, 0.3) is 0 Å². The van der Waals surface area contributed by atoms with Crippen molar-refractivity contribution < 1.29 is 5.11 Å². The quantitative estimate of drug-likeness (QED) is 0.665. The zero-order valence-electron chi connectivity index (χ0n) is 10.2. The minimum atomic E-state index is 0.284. The second-order valence-corrected chi connectivity index (χ2v) is 4.47. The fraction of sp³-hybridized carbons (Fsp3) is 1.00. The Morgan fingerprint density at radius 2 is 2.13 bits per heavy atom. The smallest absolute Gasteiger partial charge is 0.0558 e. The largest absolute Gasteiger partial charge is 0.395 e. The van der Waals surface area contributed by atoms with Gasteiger partial charge in [-0.2, -0.15) is 0 Å². The van der Waals surface area contributed by atoms with E-state index in [1.807, 2.05) is 0 Å². The van der Waals surface area contributed by atoms with Crippen LogP contribution in [0.5, 0.6) is 0 Å². The van der Waals surface area contributed by atoms with Gasteiger partial charge in [0.05, 0.1) is 6.61 Å². The zero-order chi connectivity index (χ0) is 11.1. The Morgan fingerprint density at radius 3 is 2.73 bits per heavy atom. The van der Waals surface area contributed by atoms with Gasteiger partial charge in [-0.3, -0.25) is 0 Å². The lowest BCUT2D eigenvalue weighted by atomic mass is 10.0. The van der Waals surface area contributed by atoms with E-state index in [1.165, 1.54) is 19.3 Å². The highest BCUT2D eigenvalue weighted by molar-refractivity contribution is 4.84. The van der Waals surface area contributed by atoms with Crippen molar-refractivity contribution in [1.29, 1.82) is 0 Å². The van der Waals surface area contributed by atoms with Crippen molar-refractivity contribution in [2.45, 2.75) is 39.2 Å². The maximum absolute atomic E-state index is 8.95. The van der Waals surface area contributed by atoms with Gasteiger partial charge in [0.2, 0.25) is 0 Å². The Morgan fingerprint density at radius 1 is 1.33 bits per heavy atom. The minimum Gasteiger partial charge on any atom is -0.395 e. The Labute approximate surface area is 93.9 Å². The Hall–Kier alpha value is -0.120. The monoisotopic (exact) mass is 214 g/mol. The highest BCUT2D eigenvalue weighted by Gasteiger charge is 2.27. The first-order chi connectivity index (χ1) is 7.31. The van der Waals surface area contributed by atoms with Gasteiger partial charge in [-0.25, -0.2) is 0 Å². The number of rotatable bonds is 7. The van der Waals surface area contributed by atoms with Crippen molar-refractivity contribution >= 4 is 0 Å². The third-order valence-corrected chi connectivity index (χ3v) is 3.48. The van der Waals surface area contributed by atoms with Crippen LogP contribution in [0.15, 0.2) is 0 Å². The molecule has 0 saturated heterocycles. The van der Waals surface area contributed by atoms with E-state index in [2.05, 4.69) is 24.1 Å². The molecule has 0 aromatic carbocycles. The summed E-state index contributed by atoms with van der Waals surface area (Å²) < 4.78 is 0. The predicted molar refractivity (Wildman–Crippen MR) is 64.0 cm³/mol. The van der Waals surface area contributed by atoms with Gasteiger partial charge < -0.3 is 15.3 Å². The normalized spacial score (nSPS) is 26.4. The number of aliphatic hydroxyl groups is 1. The molecule has 0 spiro atoms. The van der Waals surface area contributed by atoms with Gasteiger partial charge in [0.15, 0.2) is 0 Å². The van der Waals surface area contributed by atoms with Crippen LogP contribution in [0.2, 0.25) is 0 Å². The molecule has 1 saturated carbocycles. The second-order valence-electron chi connectivity index (χ2n) is 4.47. The number of nitrogens with one attached hydrogen (secondary N) is 1. The van der Waals surface area contributed by atoms with Crippen LogP contribution >= 0.6 is 0 Å². The number of nitrogens with zero attached hydrogens (tertiary/aromatic N) is 1. The van der Waals surface area contributed by atoms with E-state index in [9.17, 15) is 0 Å². The molecular weight excluding hydrogens is 188 g/mol. The summed E-state index contributed by atoms with van der Waals surface area (Å²) >= 11 is 0. The average Bonchev–Trinajstić information content (AvgIpc) is 2.66. The Kier molecular flexibility index (Phi) is 6.22. The second kappa shape index (κ2) is 7.20. The van der Waals surface area contributed by atoms with Gasteiger partial charge in [0, 0.05) is 19.1 Å². The van der Waals surface area contributed by atoms with Gasteiger partial charge in [0.25, 0.3) is 0 Å². The van der Waals surface area contributed by atoms with Crippen molar-refractivity contribution in [1.82, 2.24) is 10.2 Å². The van der Waals surface area contributed by atoms with Gasteiger partial charge >= 0.3 is 0 Å². The van der Waals surface area contributed by atoms with Crippen LogP contribution in [-0.4, -0.2) is 48.8 Å². The van der Waals surface area contributed by atoms with E-state index in [4.69, 9.17) is 5.11 Å². The molecule has 0 bridgehead atoms. The van der Waals surface area contributed by atoms with Crippen molar-refractivity contribution in [3.05, 3.63) is 0 Å². The van der Waals surface area contributed by atoms with E-state index in [0.717, 1.165) is 32.1 Å². The number of likely N-dealkylation sites (N-methyl/N-ethyl adjacent to an activating group) is 1. The first-order valence-corrected chi connectivity index (χ1v) is 6.38. The SMILES string of the molecule is CCNC1CCCC1CN(CC)CCO. The molecule has 0 heterocycles. The van der Waals surface area contributed by atoms with Gasteiger partial charge in [-0.1, -0.05) is 20.3 Å². The maximum Gasteiger partial charge on any atom is 0.0558 e. The van der Waals surface area contributed by atoms with E-state index < -0.39 is 0 Å². The molecule has 3 nitrogen and oxygen atoms in total. The van der Waals surface area contributed by atoms with Gasteiger partial charge in [0.1, 0.15) is 0 Å². The maximum atomic E-state index is 8.95. The first kappa shape index (κ1) is 12.9. The minimum absolute atomic E-state index is 0.284. The summed E-state index contributed by atoms with van der Waals surface area (Å²) in [5.74, 6) is 0.788. The van der Waals surface area contributed by atoms with Crippen LogP contribution in [0.3, 0.4) is 0 Å². The van der Waals surface area contributed by atoms with Crippen molar-refractivity contribution in [2.75, 3.05) is 32.8 Å². The molecular formula is C12H26N2O. The molecule has 1 rings (SSSR count). The molecule has 15 heavy (non-hydrogen) atoms. The molecule has 1 aliphatic rings. The molecule has 1 fully saturated rings. The van der Waals surface area contributed by atoms with E-state index in [1.54, 1.807) is 0 Å². The molecule has 0 aliphatic heterocycles. The molecule has 1 aliphatic carbocycles. The van der Waals surface area contributed by atoms with E-state index in [-0.39, 0.29) is 6.61 Å². The summed E-state index contributed by atoms with van der Waals surface area (Å²) in [5.41, 5.74) is 0. The summed E-state index contributed by atoms with van der Waals surface area (Å²) in [5, 5.41) is 12.5. The molecule has 90 valence electrons. The molecule has 3 heteroatoms. The Bertz CT molecular complexity index is 164. The molecule has 0 aromatic rings. The average molecular weight is 214 g/mol.